The van der Waals surface area contributed by atoms with Gasteiger partial charge in [0.2, 0.25) is 0 Å². The van der Waals surface area contributed by atoms with E-state index in [4.69, 9.17) is 18.9 Å². The van der Waals surface area contributed by atoms with E-state index in [2.05, 4.69) is 6.92 Å². The first-order valence-corrected chi connectivity index (χ1v) is 9.77. The van der Waals surface area contributed by atoms with Crippen LogP contribution in [-0.2, 0) is 25.5 Å². The van der Waals surface area contributed by atoms with E-state index in [0.717, 1.165) is 6.42 Å². The standard InChI is InChI=1S/C23H28O6/c1-4-26-22(24)15-28-20-10-6-18(7-11-20)14-17(3)19-8-12-21(13-9-19)29-16-23(25)27-5-2/h6-13,17H,4-5,14-16H2,1-3H3. The first kappa shape index (κ1) is 22.3. The van der Waals surface area contributed by atoms with Gasteiger partial charge in [-0.1, -0.05) is 31.2 Å². The average Bonchev–Trinajstić information content (AvgIpc) is 2.72. The Kier molecular flexibility index (Phi) is 9.02. The highest BCUT2D eigenvalue weighted by molar-refractivity contribution is 5.71. The SMILES string of the molecule is CCOC(=O)COc1ccc(CC(C)c2ccc(OCC(=O)OCC)cc2)cc1. The summed E-state index contributed by atoms with van der Waals surface area (Å²) in [7, 11) is 0. The third kappa shape index (κ3) is 7.86. The molecule has 0 aliphatic rings. The molecule has 0 N–H and O–H groups in total. The van der Waals surface area contributed by atoms with Crippen molar-refractivity contribution in [3.63, 3.8) is 0 Å². The second kappa shape index (κ2) is 11.7. The number of ether oxygens (including phenoxy) is 4. The Balaban J connectivity index is 1.83. The first-order valence-electron chi connectivity index (χ1n) is 9.77. The van der Waals surface area contributed by atoms with Gasteiger partial charge in [-0.25, -0.2) is 9.59 Å². The zero-order valence-corrected chi connectivity index (χ0v) is 17.2. The molecule has 6 nitrogen and oxygen atoms in total. The molecule has 1 atom stereocenters. The second-order valence-electron chi connectivity index (χ2n) is 6.51. The van der Waals surface area contributed by atoms with Gasteiger partial charge < -0.3 is 18.9 Å². The Morgan fingerprint density at radius 3 is 1.66 bits per heavy atom. The highest BCUT2D eigenvalue weighted by Crippen LogP contribution is 2.24. The quantitative estimate of drug-likeness (QED) is 0.533. The van der Waals surface area contributed by atoms with Gasteiger partial charge in [-0.15, -0.1) is 0 Å². The summed E-state index contributed by atoms with van der Waals surface area (Å²) in [6.07, 6.45) is 0.862. The van der Waals surface area contributed by atoms with Crippen LogP contribution >= 0.6 is 0 Å². The Morgan fingerprint density at radius 2 is 1.21 bits per heavy atom. The molecule has 0 saturated carbocycles. The van der Waals surface area contributed by atoms with Crippen LogP contribution in [0.2, 0.25) is 0 Å². The van der Waals surface area contributed by atoms with Crippen LogP contribution in [0.5, 0.6) is 11.5 Å². The molecule has 0 radical (unpaired) electrons. The highest BCUT2D eigenvalue weighted by Gasteiger charge is 2.09. The van der Waals surface area contributed by atoms with Gasteiger partial charge in [-0.05, 0) is 61.6 Å². The van der Waals surface area contributed by atoms with Crippen LogP contribution in [0.3, 0.4) is 0 Å². The molecule has 0 saturated heterocycles. The molecule has 0 aliphatic carbocycles. The molecule has 2 aromatic carbocycles. The summed E-state index contributed by atoms with van der Waals surface area (Å²) >= 11 is 0. The van der Waals surface area contributed by atoms with Crippen LogP contribution in [0.4, 0.5) is 0 Å². The smallest absolute Gasteiger partial charge is 0.344 e. The lowest BCUT2D eigenvalue weighted by molar-refractivity contribution is -0.146. The summed E-state index contributed by atoms with van der Waals surface area (Å²) in [6.45, 7) is 6.19. The minimum absolute atomic E-state index is 0.0891. The van der Waals surface area contributed by atoms with Crippen LogP contribution in [0, 0.1) is 0 Å². The van der Waals surface area contributed by atoms with Crippen LogP contribution < -0.4 is 9.47 Å². The van der Waals surface area contributed by atoms with Gasteiger partial charge in [0.25, 0.3) is 0 Å². The Labute approximate surface area is 171 Å². The number of rotatable bonds is 11. The average molecular weight is 400 g/mol. The van der Waals surface area contributed by atoms with Gasteiger partial charge in [-0.3, -0.25) is 0 Å². The summed E-state index contributed by atoms with van der Waals surface area (Å²) in [6, 6.07) is 15.4. The van der Waals surface area contributed by atoms with Crippen molar-refractivity contribution in [3.05, 3.63) is 59.7 Å². The van der Waals surface area contributed by atoms with Crippen LogP contribution in [0.1, 0.15) is 37.8 Å². The lowest BCUT2D eigenvalue weighted by Gasteiger charge is -2.14. The Morgan fingerprint density at radius 1 is 0.759 bits per heavy atom. The van der Waals surface area contributed by atoms with Crippen molar-refractivity contribution >= 4 is 11.9 Å². The van der Waals surface area contributed by atoms with Crippen molar-refractivity contribution in [2.75, 3.05) is 26.4 Å². The minimum atomic E-state index is -0.375. The molecule has 0 amide bonds. The van der Waals surface area contributed by atoms with Gasteiger partial charge in [0.15, 0.2) is 13.2 Å². The van der Waals surface area contributed by atoms with Crippen molar-refractivity contribution in [1.82, 2.24) is 0 Å². The number of hydrogen-bond acceptors (Lipinski definition) is 6. The van der Waals surface area contributed by atoms with E-state index in [1.165, 1.54) is 11.1 Å². The Hall–Kier alpha value is -3.02. The first-order chi connectivity index (χ1) is 14.0. The maximum Gasteiger partial charge on any atom is 0.344 e. The van der Waals surface area contributed by atoms with Crippen molar-refractivity contribution in [2.24, 2.45) is 0 Å². The largest absolute Gasteiger partial charge is 0.482 e. The predicted molar refractivity (Wildman–Crippen MR) is 109 cm³/mol. The molecule has 0 aromatic heterocycles. The number of hydrogen-bond donors (Lipinski definition) is 0. The van der Waals surface area contributed by atoms with Crippen molar-refractivity contribution in [2.45, 2.75) is 33.1 Å². The van der Waals surface area contributed by atoms with E-state index in [1.54, 1.807) is 13.8 Å². The lowest BCUT2D eigenvalue weighted by atomic mass is 9.94. The van der Waals surface area contributed by atoms with Gasteiger partial charge in [0.05, 0.1) is 13.2 Å². The minimum Gasteiger partial charge on any atom is -0.482 e. The van der Waals surface area contributed by atoms with Gasteiger partial charge >= 0.3 is 11.9 Å². The third-order valence-corrected chi connectivity index (χ3v) is 4.24. The molecule has 6 heteroatoms. The van der Waals surface area contributed by atoms with E-state index < -0.39 is 0 Å². The summed E-state index contributed by atoms with van der Waals surface area (Å²) in [5.74, 6) is 0.828. The summed E-state index contributed by atoms with van der Waals surface area (Å²) in [4.78, 5) is 22.7. The van der Waals surface area contributed by atoms with Gasteiger partial charge in [0, 0.05) is 0 Å². The molecule has 0 heterocycles. The molecule has 0 spiro atoms. The second-order valence-corrected chi connectivity index (χ2v) is 6.51. The Bertz CT molecular complexity index is 767. The molecule has 156 valence electrons. The molecule has 2 rings (SSSR count). The van der Waals surface area contributed by atoms with Crippen molar-refractivity contribution in [3.8, 4) is 11.5 Å². The molecular weight excluding hydrogens is 372 g/mol. The van der Waals surface area contributed by atoms with E-state index >= 15 is 0 Å². The summed E-state index contributed by atoms with van der Waals surface area (Å²) in [5, 5.41) is 0. The van der Waals surface area contributed by atoms with Crippen LogP contribution in [0.25, 0.3) is 0 Å². The third-order valence-electron chi connectivity index (χ3n) is 4.24. The number of carbonyl (C=O) groups is 2. The maximum absolute atomic E-state index is 11.3. The van der Waals surface area contributed by atoms with Crippen molar-refractivity contribution in [1.29, 1.82) is 0 Å². The summed E-state index contributed by atoms with van der Waals surface area (Å²) in [5.41, 5.74) is 2.35. The van der Waals surface area contributed by atoms with Crippen molar-refractivity contribution < 1.29 is 28.5 Å². The molecular formula is C23H28O6. The fraction of sp³-hybridized carbons (Fsp3) is 0.391. The molecule has 29 heavy (non-hydrogen) atoms. The maximum atomic E-state index is 11.3. The molecule has 0 bridgehead atoms. The monoisotopic (exact) mass is 400 g/mol. The van der Waals surface area contributed by atoms with Gasteiger partial charge in [0.1, 0.15) is 11.5 Å². The highest BCUT2D eigenvalue weighted by atomic mass is 16.6. The van der Waals surface area contributed by atoms with E-state index in [0.29, 0.717) is 30.6 Å². The molecule has 2 aromatic rings. The number of benzene rings is 2. The summed E-state index contributed by atoms with van der Waals surface area (Å²) < 4.78 is 20.5. The topological polar surface area (TPSA) is 71.1 Å². The van der Waals surface area contributed by atoms with E-state index in [-0.39, 0.29) is 25.2 Å². The number of esters is 2. The lowest BCUT2D eigenvalue weighted by Crippen LogP contribution is -2.14. The van der Waals surface area contributed by atoms with Crippen LogP contribution in [-0.4, -0.2) is 38.4 Å². The normalized spacial score (nSPS) is 11.4. The van der Waals surface area contributed by atoms with Gasteiger partial charge in [-0.2, -0.15) is 0 Å². The molecule has 0 aliphatic heterocycles. The zero-order valence-electron chi connectivity index (χ0n) is 17.2. The number of carbonyl (C=O) groups excluding carboxylic acids is 2. The predicted octanol–water partition coefficient (Wildman–Crippen LogP) is 3.92. The van der Waals surface area contributed by atoms with E-state index in [9.17, 15) is 9.59 Å². The fourth-order valence-corrected chi connectivity index (χ4v) is 2.78. The van der Waals surface area contributed by atoms with E-state index in [1.807, 2.05) is 48.5 Å². The molecule has 0 fully saturated rings. The zero-order chi connectivity index (χ0) is 21.1. The van der Waals surface area contributed by atoms with Crippen LogP contribution in [0.15, 0.2) is 48.5 Å². The fourth-order valence-electron chi connectivity index (χ4n) is 2.78. The molecule has 1 unspecified atom stereocenters.